The maximum atomic E-state index is 5.86. The first-order valence-corrected chi connectivity index (χ1v) is 8.01. The van der Waals surface area contributed by atoms with Crippen molar-refractivity contribution in [3.05, 3.63) is 65.2 Å². The molecule has 0 saturated carbocycles. The molecule has 0 aliphatic carbocycles. The van der Waals surface area contributed by atoms with Gasteiger partial charge in [-0.2, -0.15) is 0 Å². The molecule has 0 bridgehead atoms. The lowest BCUT2D eigenvalue weighted by Gasteiger charge is -2.21. The van der Waals surface area contributed by atoms with Crippen LogP contribution in [0, 0.1) is 0 Å². The monoisotopic (exact) mass is 296 g/mol. The minimum absolute atomic E-state index is 0.149. The van der Waals surface area contributed by atoms with Crippen LogP contribution in [0.15, 0.2) is 48.5 Å². The molecule has 0 unspecified atom stereocenters. The number of ether oxygens (including phenoxy) is 1. The molecule has 1 heteroatoms. The number of hydrogen-bond donors (Lipinski definition) is 0. The highest BCUT2D eigenvalue weighted by molar-refractivity contribution is 5.34. The van der Waals surface area contributed by atoms with Gasteiger partial charge in [-0.25, -0.2) is 0 Å². The summed E-state index contributed by atoms with van der Waals surface area (Å²) in [5.74, 6) is 0.930. The summed E-state index contributed by atoms with van der Waals surface area (Å²) in [7, 11) is 0. The van der Waals surface area contributed by atoms with Crippen LogP contribution >= 0.6 is 0 Å². The van der Waals surface area contributed by atoms with Crippen LogP contribution in [0.4, 0.5) is 0 Å². The molecular weight excluding hydrogens is 268 g/mol. The van der Waals surface area contributed by atoms with Crippen molar-refractivity contribution in [3.63, 3.8) is 0 Å². The molecule has 2 aromatic carbocycles. The molecule has 0 saturated heterocycles. The van der Waals surface area contributed by atoms with E-state index in [2.05, 4.69) is 90.1 Å². The largest absolute Gasteiger partial charge is 0.488 e. The van der Waals surface area contributed by atoms with Crippen molar-refractivity contribution in [3.8, 4) is 5.75 Å². The van der Waals surface area contributed by atoms with Crippen LogP contribution in [0.2, 0.25) is 0 Å². The first-order valence-electron chi connectivity index (χ1n) is 8.01. The summed E-state index contributed by atoms with van der Waals surface area (Å²) in [6, 6.07) is 17.4. The van der Waals surface area contributed by atoms with Gasteiger partial charge in [0.15, 0.2) is 0 Å². The molecule has 0 aliphatic heterocycles. The lowest BCUT2D eigenvalue weighted by Crippen LogP contribution is -2.22. The van der Waals surface area contributed by atoms with Crippen molar-refractivity contribution in [1.29, 1.82) is 0 Å². The van der Waals surface area contributed by atoms with Crippen LogP contribution < -0.4 is 4.74 Å². The fourth-order valence-corrected chi connectivity index (χ4v) is 2.39. The Balaban J connectivity index is 2.05. The van der Waals surface area contributed by atoms with Crippen LogP contribution in [0.25, 0.3) is 0 Å². The fraction of sp³-hybridized carbons (Fsp3) is 0.429. The Kier molecular flexibility index (Phi) is 4.65. The Labute approximate surface area is 135 Å². The zero-order chi connectivity index (χ0) is 16.4. The Morgan fingerprint density at radius 1 is 0.682 bits per heavy atom. The lowest BCUT2D eigenvalue weighted by molar-refractivity contribution is 0.131. The van der Waals surface area contributed by atoms with Gasteiger partial charge in [0.2, 0.25) is 0 Å². The molecule has 2 aromatic rings. The highest BCUT2D eigenvalue weighted by atomic mass is 16.5. The van der Waals surface area contributed by atoms with Crippen LogP contribution in [-0.4, -0.2) is 5.60 Å². The fourth-order valence-electron chi connectivity index (χ4n) is 2.39. The van der Waals surface area contributed by atoms with Gasteiger partial charge >= 0.3 is 0 Å². The Morgan fingerprint density at radius 2 is 1.14 bits per heavy atom. The molecule has 118 valence electrons. The second-order valence-corrected chi connectivity index (χ2v) is 7.98. The third kappa shape index (κ3) is 4.91. The summed E-state index contributed by atoms with van der Waals surface area (Å²) in [5.41, 5.74) is 4.10. The second kappa shape index (κ2) is 6.16. The minimum atomic E-state index is -0.149. The van der Waals surface area contributed by atoms with E-state index in [4.69, 9.17) is 4.74 Å². The summed E-state index contributed by atoms with van der Waals surface area (Å²) in [5, 5.41) is 0. The third-order valence-electron chi connectivity index (χ3n) is 3.58. The summed E-state index contributed by atoms with van der Waals surface area (Å²) >= 11 is 0. The van der Waals surface area contributed by atoms with Crippen LogP contribution in [0.5, 0.6) is 5.75 Å². The van der Waals surface area contributed by atoms with E-state index in [0.717, 1.165) is 12.2 Å². The van der Waals surface area contributed by atoms with Gasteiger partial charge in [0, 0.05) is 0 Å². The molecular formula is C21H28O. The third-order valence-corrected chi connectivity index (χ3v) is 3.58. The van der Waals surface area contributed by atoms with Gasteiger partial charge in [-0.3, -0.25) is 0 Å². The summed E-state index contributed by atoms with van der Waals surface area (Å²) in [6.07, 6.45) is 0.959. The van der Waals surface area contributed by atoms with Gasteiger partial charge in [0.05, 0.1) is 0 Å². The quantitative estimate of drug-likeness (QED) is 0.700. The summed E-state index contributed by atoms with van der Waals surface area (Å²) in [4.78, 5) is 0. The molecule has 0 aliphatic rings. The smallest absolute Gasteiger partial charge is 0.120 e. The van der Waals surface area contributed by atoms with Crippen molar-refractivity contribution in [2.75, 3.05) is 0 Å². The molecule has 2 rings (SSSR count). The average molecular weight is 296 g/mol. The van der Waals surface area contributed by atoms with Crippen LogP contribution in [-0.2, 0) is 11.8 Å². The van der Waals surface area contributed by atoms with E-state index < -0.39 is 0 Å². The van der Waals surface area contributed by atoms with E-state index in [1.807, 2.05) is 0 Å². The highest BCUT2D eigenvalue weighted by Crippen LogP contribution is 2.24. The van der Waals surface area contributed by atoms with Crippen molar-refractivity contribution in [2.24, 2.45) is 0 Å². The van der Waals surface area contributed by atoms with E-state index in [1.165, 1.54) is 16.7 Å². The topological polar surface area (TPSA) is 9.23 Å². The Morgan fingerprint density at radius 3 is 1.55 bits per heavy atom. The maximum Gasteiger partial charge on any atom is 0.120 e. The standard InChI is InChI=1S/C21H28O/c1-20(2,3)18-11-7-16(8-12-18)15-17-9-13-19(14-10-17)22-21(4,5)6/h7-14H,15H2,1-6H3. The molecule has 0 fully saturated rings. The summed E-state index contributed by atoms with van der Waals surface area (Å²) < 4.78 is 5.86. The van der Waals surface area contributed by atoms with Gasteiger partial charge in [-0.05, 0) is 61.4 Å². The molecule has 0 atom stereocenters. The maximum absolute atomic E-state index is 5.86. The summed E-state index contributed by atoms with van der Waals surface area (Å²) in [6.45, 7) is 12.9. The normalized spacial score (nSPS) is 12.3. The first-order chi connectivity index (χ1) is 10.1. The molecule has 0 amide bonds. The minimum Gasteiger partial charge on any atom is -0.488 e. The molecule has 0 aromatic heterocycles. The van der Waals surface area contributed by atoms with Crippen molar-refractivity contribution < 1.29 is 4.74 Å². The van der Waals surface area contributed by atoms with E-state index in [-0.39, 0.29) is 11.0 Å². The van der Waals surface area contributed by atoms with Gasteiger partial charge in [0.1, 0.15) is 11.4 Å². The van der Waals surface area contributed by atoms with Gasteiger partial charge in [-0.15, -0.1) is 0 Å². The average Bonchev–Trinajstić information content (AvgIpc) is 2.39. The van der Waals surface area contributed by atoms with E-state index in [9.17, 15) is 0 Å². The van der Waals surface area contributed by atoms with Gasteiger partial charge in [-0.1, -0.05) is 57.2 Å². The zero-order valence-electron chi connectivity index (χ0n) is 14.7. The van der Waals surface area contributed by atoms with Crippen LogP contribution in [0.3, 0.4) is 0 Å². The predicted molar refractivity (Wildman–Crippen MR) is 94.8 cm³/mol. The lowest BCUT2D eigenvalue weighted by atomic mass is 9.86. The SMILES string of the molecule is CC(C)(C)Oc1ccc(Cc2ccc(C(C)(C)C)cc2)cc1. The number of rotatable bonds is 3. The molecule has 1 nitrogen and oxygen atoms in total. The first kappa shape index (κ1) is 16.6. The highest BCUT2D eigenvalue weighted by Gasteiger charge is 2.13. The molecule has 0 spiro atoms. The van der Waals surface area contributed by atoms with Gasteiger partial charge in [0.25, 0.3) is 0 Å². The van der Waals surface area contributed by atoms with Gasteiger partial charge < -0.3 is 4.74 Å². The second-order valence-electron chi connectivity index (χ2n) is 7.98. The number of hydrogen-bond acceptors (Lipinski definition) is 1. The molecule has 0 heterocycles. The van der Waals surface area contributed by atoms with Crippen molar-refractivity contribution >= 4 is 0 Å². The van der Waals surface area contributed by atoms with E-state index in [0.29, 0.717) is 0 Å². The Bertz CT molecular complexity index is 592. The number of benzene rings is 2. The molecule has 22 heavy (non-hydrogen) atoms. The van der Waals surface area contributed by atoms with Crippen molar-refractivity contribution in [2.45, 2.75) is 59.0 Å². The van der Waals surface area contributed by atoms with E-state index in [1.54, 1.807) is 0 Å². The van der Waals surface area contributed by atoms with Crippen LogP contribution in [0.1, 0.15) is 58.2 Å². The van der Waals surface area contributed by atoms with E-state index >= 15 is 0 Å². The Hall–Kier alpha value is -1.76. The zero-order valence-corrected chi connectivity index (χ0v) is 14.7. The molecule has 0 N–H and O–H groups in total. The molecule has 0 radical (unpaired) electrons. The van der Waals surface area contributed by atoms with Crippen molar-refractivity contribution in [1.82, 2.24) is 0 Å². The predicted octanol–water partition coefficient (Wildman–Crippen LogP) is 5.75.